The van der Waals surface area contributed by atoms with Crippen LogP contribution in [-0.2, 0) is 6.61 Å². The molecule has 20 heavy (non-hydrogen) atoms. The van der Waals surface area contributed by atoms with Gasteiger partial charge in [-0.15, -0.1) is 0 Å². The van der Waals surface area contributed by atoms with Crippen LogP contribution >= 0.6 is 0 Å². The second kappa shape index (κ2) is 5.41. The van der Waals surface area contributed by atoms with Gasteiger partial charge in [-0.3, -0.25) is 4.98 Å². The zero-order valence-electron chi connectivity index (χ0n) is 10.8. The summed E-state index contributed by atoms with van der Waals surface area (Å²) in [5.74, 6) is 0.746. The van der Waals surface area contributed by atoms with E-state index in [2.05, 4.69) is 11.1 Å². The van der Waals surface area contributed by atoms with Gasteiger partial charge >= 0.3 is 0 Å². The highest BCUT2D eigenvalue weighted by atomic mass is 16.5. The molecule has 3 heteroatoms. The Labute approximate surface area is 117 Å². The van der Waals surface area contributed by atoms with Crippen molar-refractivity contribution in [3.8, 4) is 11.8 Å². The van der Waals surface area contributed by atoms with Crippen LogP contribution in [0.3, 0.4) is 0 Å². The number of aromatic nitrogens is 1. The highest BCUT2D eigenvalue weighted by molar-refractivity contribution is 5.91. The molecule has 0 spiro atoms. The van der Waals surface area contributed by atoms with Crippen LogP contribution in [0.4, 0.5) is 0 Å². The molecule has 1 aromatic heterocycles. The van der Waals surface area contributed by atoms with E-state index >= 15 is 0 Å². The Kier molecular flexibility index (Phi) is 3.30. The number of nitriles is 1. The number of nitrogens with zero attached hydrogens (tertiary/aromatic N) is 2. The summed E-state index contributed by atoms with van der Waals surface area (Å²) in [6.07, 6.45) is 3.31. The number of rotatable bonds is 3. The van der Waals surface area contributed by atoms with E-state index in [0.717, 1.165) is 22.1 Å². The first-order valence-corrected chi connectivity index (χ1v) is 6.32. The van der Waals surface area contributed by atoms with Gasteiger partial charge in [0.05, 0.1) is 5.56 Å². The lowest BCUT2D eigenvalue weighted by Crippen LogP contribution is -1.96. The minimum Gasteiger partial charge on any atom is -0.488 e. The average Bonchev–Trinajstić information content (AvgIpc) is 2.53. The molecule has 1 heterocycles. The van der Waals surface area contributed by atoms with Crippen LogP contribution in [0.2, 0.25) is 0 Å². The zero-order valence-corrected chi connectivity index (χ0v) is 10.8. The molecule has 0 aliphatic carbocycles. The van der Waals surface area contributed by atoms with E-state index in [0.29, 0.717) is 12.2 Å². The zero-order chi connectivity index (χ0) is 13.8. The number of benzene rings is 2. The lowest BCUT2D eigenvalue weighted by molar-refractivity contribution is 0.310. The fourth-order valence-corrected chi connectivity index (χ4v) is 2.12. The molecule has 96 valence electrons. The maximum Gasteiger partial charge on any atom is 0.129 e. The summed E-state index contributed by atoms with van der Waals surface area (Å²) in [4.78, 5) is 4.10. The second-order valence-corrected chi connectivity index (χ2v) is 4.42. The second-order valence-electron chi connectivity index (χ2n) is 4.42. The highest BCUT2D eigenvalue weighted by Crippen LogP contribution is 2.27. The summed E-state index contributed by atoms with van der Waals surface area (Å²) in [5, 5.41) is 10.8. The van der Waals surface area contributed by atoms with Crippen LogP contribution in [-0.4, -0.2) is 4.98 Å². The normalized spacial score (nSPS) is 10.2. The van der Waals surface area contributed by atoms with E-state index in [-0.39, 0.29) is 0 Å². The van der Waals surface area contributed by atoms with Crippen molar-refractivity contribution in [3.63, 3.8) is 0 Å². The third-order valence-electron chi connectivity index (χ3n) is 3.12. The molecule has 0 saturated carbocycles. The molecule has 0 aliphatic heterocycles. The maximum absolute atomic E-state index is 9.10. The van der Waals surface area contributed by atoms with Gasteiger partial charge < -0.3 is 4.74 Å². The summed E-state index contributed by atoms with van der Waals surface area (Å²) in [5.41, 5.74) is 1.67. The standard InChI is InChI=1S/C17H12N2O/c18-9-14-10-19-11-16-15(14)7-4-8-17(16)20-12-13-5-2-1-3-6-13/h1-8,10-11H,12H2. The van der Waals surface area contributed by atoms with Gasteiger partial charge in [0.1, 0.15) is 18.4 Å². The Bertz CT molecular complexity index is 776. The summed E-state index contributed by atoms with van der Waals surface area (Å²) >= 11 is 0. The van der Waals surface area contributed by atoms with Gasteiger partial charge in [0, 0.05) is 23.2 Å². The Morgan fingerprint density at radius 3 is 2.60 bits per heavy atom. The molecule has 3 aromatic rings. The van der Waals surface area contributed by atoms with E-state index < -0.39 is 0 Å². The van der Waals surface area contributed by atoms with Crippen LogP contribution in [0.25, 0.3) is 10.8 Å². The fourth-order valence-electron chi connectivity index (χ4n) is 2.12. The minimum absolute atomic E-state index is 0.497. The number of pyridine rings is 1. The van der Waals surface area contributed by atoms with Crippen LogP contribution < -0.4 is 4.74 Å². The van der Waals surface area contributed by atoms with Gasteiger partial charge in [-0.25, -0.2) is 0 Å². The SMILES string of the molecule is N#Cc1cncc2c(OCc3ccccc3)cccc12. The van der Waals surface area contributed by atoms with E-state index in [1.165, 1.54) is 0 Å². The Balaban J connectivity index is 1.95. The lowest BCUT2D eigenvalue weighted by Gasteiger charge is -2.09. The first-order chi connectivity index (χ1) is 9.88. The Morgan fingerprint density at radius 2 is 1.80 bits per heavy atom. The van der Waals surface area contributed by atoms with Gasteiger partial charge in [-0.2, -0.15) is 5.26 Å². The molecular weight excluding hydrogens is 248 g/mol. The molecular formula is C17H12N2O. The van der Waals surface area contributed by atoms with Gasteiger partial charge in [0.15, 0.2) is 0 Å². The topological polar surface area (TPSA) is 45.9 Å². The van der Waals surface area contributed by atoms with Crippen molar-refractivity contribution < 1.29 is 4.74 Å². The molecule has 0 unspecified atom stereocenters. The van der Waals surface area contributed by atoms with Crippen LogP contribution in [0, 0.1) is 11.3 Å². The van der Waals surface area contributed by atoms with Gasteiger partial charge in [-0.05, 0) is 11.6 Å². The fraction of sp³-hybridized carbons (Fsp3) is 0.0588. The predicted molar refractivity (Wildman–Crippen MR) is 77.2 cm³/mol. The summed E-state index contributed by atoms with van der Waals surface area (Å²) < 4.78 is 5.86. The van der Waals surface area contributed by atoms with Crippen molar-refractivity contribution in [2.75, 3.05) is 0 Å². The van der Waals surface area contributed by atoms with E-state index in [9.17, 15) is 0 Å². The molecule has 0 atom stereocenters. The van der Waals surface area contributed by atoms with Crippen molar-refractivity contribution >= 4 is 10.8 Å². The first kappa shape index (κ1) is 12.2. The van der Waals surface area contributed by atoms with E-state index in [4.69, 9.17) is 10.00 Å². The molecule has 0 saturated heterocycles. The molecule has 3 nitrogen and oxygen atoms in total. The summed E-state index contributed by atoms with van der Waals surface area (Å²) in [7, 11) is 0. The van der Waals surface area contributed by atoms with Crippen LogP contribution in [0.1, 0.15) is 11.1 Å². The molecule has 3 rings (SSSR count). The lowest BCUT2D eigenvalue weighted by atomic mass is 10.1. The van der Waals surface area contributed by atoms with Gasteiger partial charge in [-0.1, -0.05) is 42.5 Å². The Hall–Kier alpha value is -2.86. The van der Waals surface area contributed by atoms with E-state index in [1.54, 1.807) is 12.4 Å². The van der Waals surface area contributed by atoms with Crippen molar-refractivity contribution in [1.29, 1.82) is 5.26 Å². The van der Waals surface area contributed by atoms with Gasteiger partial charge in [0.2, 0.25) is 0 Å². The predicted octanol–water partition coefficient (Wildman–Crippen LogP) is 3.69. The average molecular weight is 260 g/mol. The number of ether oxygens (including phenoxy) is 1. The van der Waals surface area contributed by atoms with Gasteiger partial charge in [0.25, 0.3) is 0 Å². The summed E-state index contributed by atoms with van der Waals surface area (Å²) in [6, 6.07) is 17.8. The van der Waals surface area contributed by atoms with Crippen molar-refractivity contribution in [1.82, 2.24) is 4.98 Å². The molecule has 0 fully saturated rings. The quantitative estimate of drug-likeness (QED) is 0.721. The van der Waals surface area contributed by atoms with Crippen molar-refractivity contribution in [2.24, 2.45) is 0 Å². The molecule has 0 amide bonds. The number of fused-ring (bicyclic) bond motifs is 1. The summed E-state index contributed by atoms with van der Waals surface area (Å²) in [6.45, 7) is 0.497. The molecule has 0 radical (unpaired) electrons. The number of hydrogen-bond acceptors (Lipinski definition) is 3. The maximum atomic E-state index is 9.10. The monoisotopic (exact) mass is 260 g/mol. The largest absolute Gasteiger partial charge is 0.488 e. The molecule has 0 aliphatic rings. The van der Waals surface area contributed by atoms with Crippen molar-refractivity contribution in [3.05, 3.63) is 72.1 Å². The first-order valence-electron chi connectivity index (χ1n) is 6.32. The Morgan fingerprint density at radius 1 is 0.950 bits per heavy atom. The molecule has 2 aromatic carbocycles. The highest BCUT2D eigenvalue weighted by Gasteiger charge is 2.06. The third-order valence-corrected chi connectivity index (χ3v) is 3.12. The molecule has 0 N–H and O–H groups in total. The smallest absolute Gasteiger partial charge is 0.129 e. The number of hydrogen-bond donors (Lipinski definition) is 0. The van der Waals surface area contributed by atoms with E-state index in [1.807, 2.05) is 48.5 Å². The minimum atomic E-state index is 0.497. The molecule has 0 bridgehead atoms. The van der Waals surface area contributed by atoms with Crippen LogP contribution in [0.15, 0.2) is 60.9 Å². The van der Waals surface area contributed by atoms with Crippen LogP contribution in [0.5, 0.6) is 5.75 Å². The third kappa shape index (κ3) is 2.32. The van der Waals surface area contributed by atoms with Crippen molar-refractivity contribution in [2.45, 2.75) is 6.61 Å².